The summed E-state index contributed by atoms with van der Waals surface area (Å²) in [6.07, 6.45) is -6.38. The summed E-state index contributed by atoms with van der Waals surface area (Å²) in [6, 6.07) is 7.74. The summed E-state index contributed by atoms with van der Waals surface area (Å²) in [5.41, 5.74) is 0.266. The Labute approximate surface area is 229 Å². The van der Waals surface area contributed by atoms with Crippen LogP contribution in [0.4, 0.5) is 0 Å². The molecular weight excluding hydrogens is 526 g/mol. The molecule has 1 saturated heterocycles. The van der Waals surface area contributed by atoms with Crippen LogP contribution >= 0.6 is 0 Å². The number of fused-ring (bicyclic) bond motifs is 1. The maximum absolute atomic E-state index is 13.5. The molecule has 0 spiro atoms. The molecule has 12 heteroatoms. The Hall–Kier alpha value is -3.84. The summed E-state index contributed by atoms with van der Waals surface area (Å²) in [7, 11) is 5.68. The lowest BCUT2D eigenvalue weighted by Gasteiger charge is -2.40. The molecule has 0 radical (unpaired) electrons. The summed E-state index contributed by atoms with van der Waals surface area (Å²) >= 11 is 0. The molecule has 12 nitrogen and oxygen atoms in total. The van der Waals surface area contributed by atoms with E-state index in [4.69, 9.17) is 28.1 Å². The number of aliphatic hydroxyl groups is 3. The number of methoxy groups -OCH3 is 4. The number of ether oxygens (including phenoxy) is 5. The Bertz CT molecular complexity index is 1480. The second kappa shape index (κ2) is 11.0. The van der Waals surface area contributed by atoms with Crippen molar-refractivity contribution < 1.29 is 48.2 Å². The Balaban J connectivity index is 1.62. The molecular formula is C28H31NO11. The van der Waals surface area contributed by atoms with Gasteiger partial charge in [0.2, 0.25) is 0 Å². The van der Waals surface area contributed by atoms with Crippen LogP contribution in [0.25, 0.3) is 22.3 Å². The van der Waals surface area contributed by atoms with E-state index in [9.17, 15) is 24.9 Å². The first-order chi connectivity index (χ1) is 19.2. The van der Waals surface area contributed by atoms with Crippen LogP contribution in [-0.2, 0) is 9.53 Å². The number of aliphatic hydroxyl groups excluding tert-OH is 3. The van der Waals surface area contributed by atoms with Gasteiger partial charge in [-0.2, -0.15) is 0 Å². The van der Waals surface area contributed by atoms with Gasteiger partial charge in [-0.25, -0.2) is 0 Å². The van der Waals surface area contributed by atoms with Crippen LogP contribution in [0.15, 0.2) is 39.5 Å². The summed E-state index contributed by atoms with van der Waals surface area (Å²) in [6.45, 7) is 0. The third-order valence-corrected chi connectivity index (χ3v) is 7.15. The quantitative estimate of drug-likeness (QED) is 0.315. The van der Waals surface area contributed by atoms with E-state index >= 15 is 0 Å². The van der Waals surface area contributed by atoms with Crippen molar-refractivity contribution in [1.82, 2.24) is 5.32 Å². The van der Waals surface area contributed by atoms with Gasteiger partial charge in [0.15, 0.2) is 23.0 Å². The highest BCUT2D eigenvalue weighted by atomic mass is 16.5. The van der Waals surface area contributed by atoms with Gasteiger partial charge >= 0.3 is 0 Å². The van der Waals surface area contributed by atoms with Crippen LogP contribution in [0.3, 0.4) is 0 Å². The minimum atomic E-state index is -1.73. The molecule has 5 unspecified atom stereocenters. The highest BCUT2D eigenvalue weighted by Crippen LogP contribution is 2.46. The predicted octanol–water partition coefficient (Wildman–Crippen LogP) is 1.30. The number of amides is 1. The molecule has 2 heterocycles. The van der Waals surface area contributed by atoms with Gasteiger partial charge in [-0.1, -0.05) is 0 Å². The molecule has 4 N–H and O–H groups in total. The summed E-state index contributed by atoms with van der Waals surface area (Å²) in [5.74, 6) is 0.632. The van der Waals surface area contributed by atoms with E-state index in [1.807, 2.05) is 0 Å². The summed E-state index contributed by atoms with van der Waals surface area (Å²) in [5, 5.41) is 34.8. The fourth-order valence-electron chi connectivity index (χ4n) is 4.91. The molecule has 214 valence electrons. The van der Waals surface area contributed by atoms with Crippen LogP contribution in [0.1, 0.15) is 24.5 Å². The normalized spacial score (nSPS) is 24.4. The molecule has 1 aromatic heterocycles. The molecule has 2 fully saturated rings. The largest absolute Gasteiger partial charge is 0.496 e. The maximum Gasteiger partial charge on any atom is 0.252 e. The third kappa shape index (κ3) is 4.83. The minimum Gasteiger partial charge on any atom is -0.496 e. The van der Waals surface area contributed by atoms with E-state index in [1.54, 1.807) is 18.2 Å². The fourth-order valence-corrected chi connectivity index (χ4v) is 4.91. The van der Waals surface area contributed by atoms with Gasteiger partial charge in [-0.05, 0) is 31.0 Å². The number of carbonyl (C=O) groups is 1. The predicted molar refractivity (Wildman–Crippen MR) is 141 cm³/mol. The first kappa shape index (κ1) is 27.7. The van der Waals surface area contributed by atoms with Crippen molar-refractivity contribution in [3.8, 4) is 34.3 Å². The van der Waals surface area contributed by atoms with Gasteiger partial charge in [0, 0.05) is 23.7 Å². The van der Waals surface area contributed by atoms with Crippen molar-refractivity contribution in [3.05, 3.63) is 46.1 Å². The first-order valence-corrected chi connectivity index (χ1v) is 12.7. The summed E-state index contributed by atoms with van der Waals surface area (Å²) in [4.78, 5) is 26.3. The molecule has 1 saturated carbocycles. The van der Waals surface area contributed by atoms with Gasteiger partial charge in [0.1, 0.15) is 52.6 Å². The second-order valence-electron chi connectivity index (χ2n) is 9.68. The maximum atomic E-state index is 13.5. The lowest BCUT2D eigenvalue weighted by molar-refractivity contribution is -0.223. The van der Waals surface area contributed by atoms with Crippen molar-refractivity contribution in [2.75, 3.05) is 28.4 Å². The van der Waals surface area contributed by atoms with Crippen molar-refractivity contribution >= 4 is 16.9 Å². The highest BCUT2D eigenvalue weighted by molar-refractivity contribution is 5.89. The molecule has 40 heavy (non-hydrogen) atoms. The third-order valence-electron chi connectivity index (χ3n) is 7.15. The number of hydrogen-bond acceptors (Lipinski definition) is 11. The van der Waals surface area contributed by atoms with Gasteiger partial charge in [0.05, 0.1) is 34.0 Å². The van der Waals surface area contributed by atoms with Crippen LogP contribution in [0.5, 0.6) is 23.0 Å². The first-order valence-electron chi connectivity index (χ1n) is 12.7. The zero-order valence-corrected chi connectivity index (χ0v) is 22.4. The van der Waals surface area contributed by atoms with Crippen molar-refractivity contribution in [2.24, 2.45) is 0 Å². The topological polar surface area (TPSA) is 166 Å². The lowest BCUT2D eigenvalue weighted by Crippen LogP contribution is -2.59. The monoisotopic (exact) mass is 557 g/mol. The van der Waals surface area contributed by atoms with Crippen molar-refractivity contribution in [2.45, 2.75) is 49.4 Å². The SMILES string of the molecule is COc1ccc(-c2cc(=O)c3c(OC)c(C4OC(C(=O)NC5CC5)C(O)C(O)C4O)c(OC)cc3o2)cc1OC. The van der Waals surface area contributed by atoms with Crippen molar-refractivity contribution in [1.29, 1.82) is 0 Å². The van der Waals surface area contributed by atoms with Crippen molar-refractivity contribution in [3.63, 3.8) is 0 Å². The molecule has 1 amide bonds. The van der Waals surface area contributed by atoms with E-state index in [2.05, 4.69) is 5.32 Å². The van der Waals surface area contributed by atoms with E-state index in [0.717, 1.165) is 12.8 Å². The standard InChI is InChI=1S/C28H31NO11/c1-35-15-8-5-12(9-17(15)36-2)16-10-14(30)20-19(39-16)11-18(37-3)21(25(20)38-4)26-23(32)22(31)24(33)27(40-26)28(34)29-13-6-7-13/h5,8-11,13,22-24,26-27,31-33H,6-7H2,1-4H3,(H,29,34). The number of carbonyl (C=O) groups excluding carboxylic acids is 1. The zero-order valence-electron chi connectivity index (χ0n) is 22.4. The summed E-state index contributed by atoms with van der Waals surface area (Å²) < 4.78 is 33.8. The van der Waals surface area contributed by atoms with Crippen LogP contribution in [-0.4, -0.2) is 80.1 Å². The molecule has 2 aliphatic rings. The van der Waals surface area contributed by atoms with Gasteiger partial charge in [-0.3, -0.25) is 9.59 Å². The average Bonchev–Trinajstić information content (AvgIpc) is 3.78. The van der Waals surface area contributed by atoms with E-state index in [-0.39, 0.29) is 39.8 Å². The Morgan fingerprint density at radius 2 is 1.57 bits per heavy atom. The van der Waals surface area contributed by atoms with Crippen LogP contribution < -0.4 is 29.7 Å². The Morgan fingerprint density at radius 1 is 0.875 bits per heavy atom. The smallest absolute Gasteiger partial charge is 0.252 e. The van der Waals surface area contributed by atoms with E-state index < -0.39 is 41.9 Å². The molecule has 2 aromatic carbocycles. The van der Waals surface area contributed by atoms with Gasteiger partial charge in [-0.15, -0.1) is 0 Å². The van der Waals surface area contributed by atoms with Crippen LogP contribution in [0.2, 0.25) is 0 Å². The Kier molecular flexibility index (Phi) is 7.60. The zero-order chi connectivity index (χ0) is 28.7. The Morgan fingerprint density at radius 3 is 2.20 bits per heavy atom. The van der Waals surface area contributed by atoms with E-state index in [0.29, 0.717) is 17.1 Å². The number of benzene rings is 2. The van der Waals surface area contributed by atoms with E-state index in [1.165, 1.54) is 40.6 Å². The number of hydrogen-bond donors (Lipinski definition) is 4. The fraction of sp³-hybridized carbons (Fsp3) is 0.429. The average molecular weight is 558 g/mol. The lowest BCUT2D eigenvalue weighted by atomic mass is 9.89. The minimum absolute atomic E-state index is 0.0259. The number of nitrogens with one attached hydrogen (secondary N) is 1. The van der Waals surface area contributed by atoms with Gasteiger partial charge < -0.3 is 48.7 Å². The molecule has 1 aliphatic carbocycles. The molecule has 5 atom stereocenters. The number of rotatable bonds is 8. The second-order valence-corrected chi connectivity index (χ2v) is 9.68. The van der Waals surface area contributed by atoms with Crippen LogP contribution in [0, 0.1) is 0 Å². The molecule has 1 aliphatic heterocycles. The molecule has 3 aromatic rings. The molecule has 5 rings (SSSR count). The molecule has 0 bridgehead atoms. The van der Waals surface area contributed by atoms with Gasteiger partial charge in [0.25, 0.3) is 5.91 Å². The highest BCUT2D eigenvalue weighted by Gasteiger charge is 2.49.